The largest absolute Gasteiger partial charge is 0.369 e. The van der Waals surface area contributed by atoms with Crippen LogP contribution < -0.4 is 5.73 Å². The Bertz CT molecular complexity index is 635. The quantitative estimate of drug-likeness (QED) is 0.919. The number of hydrogen-bond donors (Lipinski definition) is 1. The van der Waals surface area contributed by atoms with Crippen LogP contribution in [0.2, 0.25) is 0 Å². The van der Waals surface area contributed by atoms with Crippen molar-refractivity contribution in [3.8, 4) is 0 Å². The number of rotatable bonds is 3. The van der Waals surface area contributed by atoms with E-state index in [2.05, 4.69) is 23.7 Å². The third-order valence-electron chi connectivity index (χ3n) is 4.32. The third-order valence-corrected chi connectivity index (χ3v) is 4.32. The van der Waals surface area contributed by atoms with Crippen molar-refractivity contribution in [1.29, 1.82) is 0 Å². The fourth-order valence-corrected chi connectivity index (χ4v) is 3.17. The highest BCUT2D eigenvalue weighted by atomic mass is 16.2. The molecule has 2 aliphatic heterocycles. The Labute approximate surface area is 130 Å². The molecule has 0 bridgehead atoms. The predicted molar refractivity (Wildman–Crippen MR) is 86.2 cm³/mol. The summed E-state index contributed by atoms with van der Waals surface area (Å²) in [6, 6.07) is 9.86. The van der Waals surface area contributed by atoms with Crippen LogP contribution in [0.15, 0.2) is 40.3 Å². The topological polar surface area (TPSA) is 74.3 Å². The molecule has 1 unspecified atom stereocenters. The molecule has 1 saturated heterocycles. The minimum Gasteiger partial charge on any atom is -0.369 e. The average Bonchev–Trinajstić information content (AvgIpc) is 2.88. The first-order chi connectivity index (χ1) is 10.6. The molecule has 0 saturated carbocycles. The summed E-state index contributed by atoms with van der Waals surface area (Å²) in [5, 5.41) is 0. The summed E-state index contributed by atoms with van der Waals surface area (Å²) in [5.41, 5.74) is 6.35. The van der Waals surface area contributed by atoms with E-state index < -0.39 is 5.66 Å². The molecule has 0 aliphatic carbocycles. The van der Waals surface area contributed by atoms with Crippen LogP contribution in [0.25, 0.3) is 0 Å². The van der Waals surface area contributed by atoms with E-state index in [0.29, 0.717) is 18.8 Å². The van der Waals surface area contributed by atoms with Gasteiger partial charge in [-0.15, -0.1) is 0 Å². The van der Waals surface area contributed by atoms with E-state index in [1.807, 2.05) is 30.3 Å². The van der Waals surface area contributed by atoms with Gasteiger partial charge < -0.3 is 10.6 Å². The number of carbonyl (C=O) groups excluding carboxylic acids is 1. The van der Waals surface area contributed by atoms with Crippen molar-refractivity contribution in [2.45, 2.75) is 32.4 Å². The van der Waals surface area contributed by atoms with E-state index in [-0.39, 0.29) is 11.9 Å². The highest BCUT2D eigenvalue weighted by Crippen LogP contribution is 2.42. The fraction of sp³-hybridized carbons (Fsp3) is 0.438. The molecule has 2 N–H and O–H groups in total. The maximum absolute atomic E-state index is 12.3. The summed E-state index contributed by atoms with van der Waals surface area (Å²) in [6.45, 7) is 5.70. The Morgan fingerprint density at radius 1 is 1.27 bits per heavy atom. The first-order valence-corrected chi connectivity index (χ1v) is 7.70. The third kappa shape index (κ3) is 2.06. The van der Waals surface area contributed by atoms with Crippen LogP contribution in [0, 0.1) is 0 Å². The van der Waals surface area contributed by atoms with Crippen molar-refractivity contribution >= 4 is 17.8 Å². The Balaban J connectivity index is 2.15. The normalized spacial score (nSPS) is 23.9. The molecule has 0 spiro atoms. The van der Waals surface area contributed by atoms with Crippen LogP contribution in [0.4, 0.5) is 0 Å². The molecule has 0 aromatic heterocycles. The smallest absolute Gasteiger partial charge is 0.231 e. The fourth-order valence-electron chi connectivity index (χ4n) is 3.17. The molecule has 6 heteroatoms. The molecule has 1 fully saturated rings. The lowest BCUT2D eigenvalue weighted by Gasteiger charge is -2.39. The standard InChI is InChI=1S/C16H21N5O/c1-3-20(4-2)15-18-14(17)21-13(22)10-11-16(21,19-15)12-8-6-5-7-9-12/h5-9H,3-4,10-11H2,1-2H3,(H2,17,18,19). The second-order valence-electron chi connectivity index (χ2n) is 5.47. The van der Waals surface area contributed by atoms with Crippen LogP contribution >= 0.6 is 0 Å². The van der Waals surface area contributed by atoms with Gasteiger partial charge in [-0.2, -0.15) is 4.99 Å². The number of hydrogen-bond acceptors (Lipinski definition) is 5. The molecule has 6 nitrogen and oxygen atoms in total. The van der Waals surface area contributed by atoms with Gasteiger partial charge in [0.05, 0.1) is 0 Å². The van der Waals surface area contributed by atoms with Crippen molar-refractivity contribution in [2.24, 2.45) is 15.7 Å². The van der Waals surface area contributed by atoms with Crippen molar-refractivity contribution in [2.75, 3.05) is 13.1 Å². The number of carbonyl (C=O) groups is 1. The second-order valence-corrected chi connectivity index (χ2v) is 5.47. The highest BCUT2D eigenvalue weighted by molar-refractivity contribution is 6.06. The molecule has 0 radical (unpaired) electrons. The van der Waals surface area contributed by atoms with Gasteiger partial charge in [0.1, 0.15) is 0 Å². The van der Waals surface area contributed by atoms with E-state index in [9.17, 15) is 4.79 Å². The molecule has 3 rings (SSSR count). The van der Waals surface area contributed by atoms with Crippen LogP contribution in [-0.2, 0) is 10.5 Å². The molecule has 1 atom stereocenters. The van der Waals surface area contributed by atoms with E-state index >= 15 is 0 Å². The lowest BCUT2D eigenvalue weighted by Crippen LogP contribution is -2.54. The van der Waals surface area contributed by atoms with Gasteiger partial charge in [0.25, 0.3) is 0 Å². The van der Waals surface area contributed by atoms with Crippen molar-refractivity contribution < 1.29 is 4.79 Å². The molecular weight excluding hydrogens is 278 g/mol. The van der Waals surface area contributed by atoms with Gasteiger partial charge in [0.15, 0.2) is 5.66 Å². The van der Waals surface area contributed by atoms with Crippen molar-refractivity contribution in [1.82, 2.24) is 9.80 Å². The number of nitrogens with zero attached hydrogens (tertiary/aromatic N) is 4. The maximum atomic E-state index is 12.3. The van der Waals surface area contributed by atoms with Gasteiger partial charge in [-0.25, -0.2) is 4.99 Å². The lowest BCUT2D eigenvalue weighted by molar-refractivity contribution is -0.126. The van der Waals surface area contributed by atoms with Crippen LogP contribution in [0.1, 0.15) is 32.3 Å². The number of nitrogens with two attached hydrogens (primary N) is 1. The lowest BCUT2D eigenvalue weighted by atomic mass is 9.97. The van der Waals surface area contributed by atoms with Crippen LogP contribution in [-0.4, -0.2) is 40.7 Å². The van der Waals surface area contributed by atoms with Crippen LogP contribution in [0.5, 0.6) is 0 Å². The predicted octanol–water partition coefficient (Wildman–Crippen LogP) is 1.49. The van der Waals surface area contributed by atoms with Crippen molar-refractivity contribution in [3.63, 3.8) is 0 Å². The van der Waals surface area contributed by atoms with E-state index in [4.69, 9.17) is 10.7 Å². The van der Waals surface area contributed by atoms with Crippen LogP contribution in [0.3, 0.4) is 0 Å². The SMILES string of the molecule is CCN(CC)C1=NC2(c3ccccc3)CCC(=O)N2C(N)=N1. The molecule has 2 aliphatic rings. The zero-order valence-electron chi connectivity index (χ0n) is 13.0. The molecule has 1 amide bonds. The maximum Gasteiger partial charge on any atom is 0.231 e. The highest BCUT2D eigenvalue weighted by Gasteiger charge is 2.51. The van der Waals surface area contributed by atoms with Gasteiger partial charge in [0.2, 0.25) is 17.8 Å². The zero-order valence-corrected chi connectivity index (χ0v) is 13.0. The molecule has 1 aromatic rings. The Morgan fingerprint density at radius 3 is 2.59 bits per heavy atom. The number of guanidine groups is 2. The molecule has 116 valence electrons. The minimum absolute atomic E-state index is 0.0209. The Kier molecular flexibility index (Phi) is 3.60. The molecule has 2 heterocycles. The van der Waals surface area contributed by atoms with Gasteiger partial charge in [-0.05, 0) is 13.8 Å². The van der Waals surface area contributed by atoms with E-state index in [0.717, 1.165) is 18.7 Å². The van der Waals surface area contributed by atoms with Gasteiger partial charge >= 0.3 is 0 Å². The first kappa shape index (κ1) is 14.6. The molecule has 22 heavy (non-hydrogen) atoms. The minimum atomic E-state index is -0.748. The van der Waals surface area contributed by atoms with Crippen molar-refractivity contribution in [3.05, 3.63) is 35.9 Å². The average molecular weight is 299 g/mol. The summed E-state index contributed by atoms with van der Waals surface area (Å²) < 4.78 is 0. The van der Waals surface area contributed by atoms with Gasteiger partial charge in [0, 0.05) is 31.5 Å². The first-order valence-electron chi connectivity index (χ1n) is 7.70. The summed E-state index contributed by atoms with van der Waals surface area (Å²) in [5.74, 6) is 0.827. The Hall–Kier alpha value is -2.37. The monoisotopic (exact) mass is 299 g/mol. The summed E-state index contributed by atoms with van der Waals surface area (Å²) in [6.07, 6.45) is 1.05. The molecule has 1 aromatic carbocycles. The Morgan fingerprint density at radius 2 is 1.95 bits per heavy atom. The second kappa shape index (κ2) is 5.44. The summed E-state index contributed by atoms with van der Waals surface area (Å²) in [4.78, 5) is 25.1. The number of amides is 1. The van der Waals surface area contributed by atoms with Gasteiger partial charge in [-0.1, -0.05) is 30.3 Å². The van der Waals surface area contributed by atoms with E-state index in [1.54, 1.807) is 4.90 Å². The van der Waals surface area contributed by atoms with E-state index in [1.165, 1.54) is 0 Å². The zero-order chi connectivity index (χ0) is 15.7. The van der Waals surface area contributed by atoms with Gasteiger partial charge in [-0.3, -0.25) is 9.69 Å². The number of aliphatic imine (C=N–C) groups is 2. The summed E-state index contributed by atoms with van der Waals surface area (Å²) in [7, 11) is 0. The number of fused-ring (bicyclic) bond motifs is 1. The number of benzene rings is 1. The molecular formula is C16H21N5O. The summed E-state index contributed by atoms with van der Waals surface area (Å²) >= 11 is 0.